The molecule has 1 N–H and O–H groups in total. The van der Waals surface area contributed by atoms with Gasteiger partial charge in [0.2, 0.25) is 0 Å². The van der Waals surface area contributed by atoms with Gasteiger partial charge in [-0.05, 0) is 52.0 Å². The van der Waals surface area contributed by atoms with Crippen LogP contribution in [0.15, 0.2) is 0 Å². The Morgan fingerprint density at radius 2 is 2.05 bits per heavy atom. The maximum absolute atomic E-state index is 6.02. The first-order valence-electron chi connectivity index (χ1n) is 8.82. The third kappa shape index (κ3) is 2.90. The number of hydrogen-bond donors (Lipinski definition) is 1. The maximum Gasteiger partial charge on any atom is 0.0661 e. The van der Waals surface area contributed by atoms with Gasteiger partial charge in [0.05, 0.1) is 12.2 Å². The third-order valence-electron chi connectivity index (χ3n) is 5.82. The van der Waals surface area contributed by atoms with E-state index in [1.807, 2.05) is 0 Å². The Hall–Kier alpha value is -0.120. The Labute approximate surface area is 123 Å². The fraction of sp³-hybridized carbons (Fsp3) is 1.00. The zero-order valence-corrected chi connectivity index (χ0v) is 13.0. The van der Waals surface area contributed by atoms with Crippen LogP contribution in [0.1, 0.15) is 64.7 Å². The second-order valence-corrected chi connectivity index (χ2v) is 6.90. The minimum atomic E-state index is 0.463. The van der Waals surface area contributed by atoms with Crippen molar-refractivity contribution in [2.75, 3.05) is 19.8 Å². The van der Waals surface area contributed by atoms with E-state index in [0.717, 1.165) is 19.8 Å². The van der Waals surface area contributed by atoms with Crippen LogP contribution in [0, 0.1) is 5.41 Å². The normalized spacial score (nSPS) is 36.1. The molecule has 3 unspecified atom stereocenters. The summed E-state index contributed by atoms with van der Waals surface area (Å²) in [6.45, 7) is 5.10. The summed E-state index contributed by atoms with van der Waals surface area (Å²) in [6, 6.07) is 0.695. The van der Waals surface area contributed by atoms with E-state index in [1.165, 1.54) is 57.8 Å². The first-order chi connectivity index (χ1) is 9.85. The molecule has 0 radical (unpaired) electrons. The molecule has 3 heteroatoms. The number of ether oxygens (including phenoxy) is 2. The quantitative estimate of drug-likeness (QED) is 0.810. The summed E-state index contributed by atoms with van der Waals surface area (Å²) in [5.74, 6) is 0. The zero-order valence-electron chi connectivity index (χ0n) is 13.0. The lowest BCUT2D eigenvalue weighted by Crippen LogP contribution is -2.64. The van der Waals surface area contributed by atoms with Crippen molar-refractivity contribution in [3.63, 3.8) is 0 Å². The first kappa shape index (κ1) is 14.8. The molecule has 1 aliphatic heterocycles. The van der Waals surface area contributed by atoms with Crippen molar-refractivity contribution in [1.82, 2.24) is 5.32 Å². The summed E-state index contributed by atoms with van der Waals surface area (Å²) < 4.78 is 11.7. The fourth-order valence-corrected chi connectivity index (χ4v) is 4.64. The zero-order chi connectivity index (χ0) is 13.8. The van der Waals surface area contributed by atoms with Crippen molar-refractivity contribution in [2.24, 2.45) is 5.41 Å². The minimum Gasteiger partial charge on any atom is -0.378 e. The highest BCUT2D eigenvalue weighted by Gasteiger charge is 2.55. The SMILES string of the molecule is CCOC1CC(NCCC2CCCO2)C12CCCCC2. The van der Waals surface area contributed by atoms with Crippen LogP contribution in [-0.4, -0.2) is 38.0 Å². The molecule has 0 aromatic heterocycles. The van der Waals surface area contributed by atoms with E-state index in [-0.39, 0.29) is 0 Å². The van der Waals surface area contributed by atoms with Gasteiger partial charge in [-0.2, -0.15) is 0 Å². The molecule has 3 atom stereocenters. The Balaban J connectivity index is 1.48. The minimum absolute atomic E-state index is 0.463. The fourth-order valence-electron chi connectivity index (χ4n) is 4.64. The summed E-state index contributed by atoms with van der Waals surface area (Å²) in [5, 5.41) is 3.83. The lowest BCUT2D eigenvalue weighted by Gasteiger charge is -2.58. The first-order valence-corrected chi connectivity index (χ1v) is 8.82. The summed E-state index contributed by atoms with van der Waals surface area (Å²) in [4.78, 5) is 0. The molecule has 1 saturated heterocycles. The molecule has 20 heavy (non-hydrogen) atoms. The molecule has 3 rings (SSSR count). The molecule has 0 aromatic carbocycles. The largest absolute Gasteiger partial charge is 0.378 e. The van der Waals surface area contributed by atoms with Crippen LogP contribution in [-0.2, 0) is 9.47 Å². The van der Waals surface area contributed by atoms with E-state index in [4.69, 9.17) is 9.47 Å². The molecular weight excluding hydrogens is 250 g/mol. The highest BCUT2D eigenvalue weighted by molar-refractivity contribution is 5.08. The summed E-state index contributed by atoms with van der Waals surface area (Å²) >= 11 is 0. The van der Waals surface area contributed by atoms with Gasteiger partial charge in [-0.25, -0.2) is 0 Å². The second kappa shape index (κ2) is 6.76. The van der Waals surface area contributed by atoms with E-state index in [9.17, 15) is 0 Å². The van der Waals surface area contributed by atoms with Crippen LogP contribution in [0.25, 0.3) is 0 Å². The van der Waals surface area contributed by atoms with Crippen LogP contribution in [0.2, 0.25) is 0 Å². The van der Waals surface area contributed by atoms with Gasteiger partial charge < -0.3 is 14.8 Å². The third-order valence-corrected chi connectivity index (χ3v) is 5.82. The van der Waals surface area contributed by atoms with E-state index in [2.05, 4.69) is 12.2 Å². The van der Waals surface area contributed by atoms with E-state index >= 15 is 0 Å². The van der Waals surface area contributed by atoms with Crippen molar-refractivity contribution < 1.29 is 9.47 Å². The van der Waals surface area contributed by atoms with Gasteiger partial charge in [0.15, 0.2) is 0 Å². The monoisotopic (exact) mass is 281 g/mol. The van der Waals surface area contributed by atoms with Crippen molar-refractivity contribution in [2.45, 2.75) is 83.0 Å². The lowest BCUT2D eigenvalue weighted by atomic mass is 9.55. The molecular formula is C17H31NO2. The van der Waals surface area contributed by atoms with Gasteiger partial charge >= 0.3 is 0 Å². The van der Waals surface area contributed by atoms with Crippen molar-refractivity contribution >= 4 is 0 Å². The topological polar surface area (TPSA) is 30.5 Å². The van der Waals surface area contributed by atoms with Gasteiger partial charge in [-0.3, -0.25) is 0 Å². The highest BCUT2D eigenvalue weighted by atomic mass is 16.5. The standard InChI is InChI=1S/C17H31NO2/c1-2-19-16-13-15(17(16)9-4-3-5-10-17)18-11-8-14-7-6-12-20-14/h14-16,18H,2-13H2,1H3. The molecule has 2 aliphatic carbocycles. The Kier molecular flexibility index (Phi) is 5.00. The highest BCUT2D eigenvalue weighted by Crippen LogP contribution is 2.53. The predicted molar refractivity (Wildman–Crippen MR) is 80.9 cm³/mol. The van der Waals surface area contributed by atoms with E-state index in [1.54, 1.807) is 0 Å². The second-order valence-electron chi connectivity index (χ2n) is 6.90. The Bertz CT molecular complexity index is 295. The molecule has 3 nitrogen and oxygen atoms in total. The van der Waals surface area contributed by atoms with Crippen molar-refractivity contribution in [3.8, 4) is 0 Å². The van der Waals surface area contributed by atoms with Crippen LogP contribution >= 0.6 is 0 Å². The van der Waals surface area contributed by atoms with Gasteiger partial charge in [0.25, 0.3) is 0 Å². The van der Waals surface area contributed by atoms with Gasteiger partial charge in [0.1, 0.15) is 0 Å². The van der Waals surface area contributed by atoms with Gasteiger partial charge in [-0.1, -0.05) is 19.3 Å². The number of rotatable bonds is 6. The smallest absolute Gasteiger partial charge is 0.0661 e. The molecule has 0 bridgehead atoms. The lowest BCUT2D eigenvalue weighted by molar-refractivity contribution is -0.150. The number of hydrogen-bond acceptors (Lipinski definition) is 3. The van der Waals surface area contributed by atoms with Gasteiger partial charge in [0, 0.05) is 24.7 Å². The van der Waals surface area contributed by atoms with Crippen molar-refractivity contribution in [1.29, 1.82) is 0 Å². The predicted octanol–water partition coefficient (Wildman–Crippen LogP) is 3.27. The Morgan fingerprint density at radius 3 is 2.75 bits per heavy atom. The van der Waals surface area contributed by atoms with E-state index in [0.29, 0.717) is 23.7 Å². The van der Waals surface area contributed by atoms with Crippen LogP contribution < -0.4 is 5.32 Å². The molecule has 3 fully saturated rings. The summed E-state index contributed by atoms with van der Waals surface area (Å²) in [5.41, 5.74) is 0.463. The number of nitrogens with one attached hydrogen (secondary N) is 1. The average molecular weight is 281 g/mol. The molecule has 116 valence electrons. The molecule has 0 aromatic rings. The molecule has 2 saturated carbocycles. The molecule has 0 amide bonds. The van der Waals surface area contributed by atoms with Crippen molar-refractivity contribution in [3.05, 3.63) is 0 Å². The molecule has 3 aliphatic rings. The van der Waals surface area contributed by atoms with Gasteiger partial charge in [-0.15, -0.1) is 0 Å². The van der Waals surface area contributed by atoms with Crippen LogP contribution in [0.5, 0.6) is 0 Å². The molecule has 1 heterocycles. The summed E-state index contributed by atoms with van der Waals surface area (Å²) in [6.07, 6.45) is 12.9. The maximum atomic E-state index is 6.02. The summed E-state index contributed by atoms with van der Waals surface area (Å²) in [7, 11) is 0. The van der Waals surface area contributed by atoms with Crippen LogP contribution in [0.3, 0.4) is 0 Å². The van der Waals surface area contributed by atoms with Crippen LogP contribution in [0.4, 0.5) is 0 Å². The Morgan fingerprint density at radius 1 is 1.20 bits per heavy atom. The molecule has 1 spiro atoms. The average Bonchev–Trinajstić information content (AvgIpc) is 3.00. The van der Waals surface area contributed by atoms with E-state index < -0.39 is 0 Å².